The van der Waals surface area contributed by atoms with Gasteiger partial charge in [0.25, 0.3) is 10.1 Å². The number of aromatic hydroxyl groups is 1. The summed E-state index contributed by atoms with van der Waals surface area (Å²) in [5, 5.41) is 60.9. The number of azo groups is 4. The van der Waals surface area contributed by atoms with E-state index >= 15 is 0 Å². The fraction of sp³-hybridized carbons (Fsp3) is 0.149. The summed E-state index contributed by atoms with van der Waals surface area (Å²) in [7, 11) is 1.50. The molecule has 0 spiro atoms. The Morgan fingerprint density at radius 1 is 0.515 bits per heavy atom. The second kappa shape index (κ2) is 20.1. The Morgan fingerprint density at radius 2 is 1.02 bits per heavy atom. The molecule has 0 aliphatic carbocycles. The fourth-order valence-electron chi connectivity index (χ4n) is 6.58. The van der Waals surface area contributed by atoms with E-state index < -0.39 is 16.7 Å². The highest BCUT2D eigenvalue weighted by Gasteiger charge is 2.17. The number of ether oxygens (including phenoxy) is 4. The molecule has 7 rings (SSSR count). The molecule has 19 heteroatoms. The van der Waals surface area contributed by atoms with E-state index in [0.29, 0.717) is 67.8 Å². The summed E-state index contributed by atoms with van der Waals surface area (Å²) in [4.78, 5) is -0.373. The molecule has 18 nitrogen and oxygen atoms in total. The number of aryl methyl sites for hydroxylation is 2. The van der Waals surface area contributed by atoms with Crippen LogP contribution in [-0.2, 0) is 16.7 Å². The van der Waals surface area contributed by atoms with Gasteiger partial charge in [-0.1, -0.05) is 18.2 Å². The average Bonchev–Trinajstić information content (AvgIpc) is 3.32. The second-order valence-electron chi connectivity index (χ2n) is 14.4. The highest BCUT2D eigenvalue weighted by Crippen LogP contribution is 2.43. The van der Waals surface area contributed by atoms with Crippen LogP contribution in [0.4, 0.5) is 56.9 Å². The third-order valence-corrected chi connectivity index (χ3v) is 11.0. The average molecular weight is 910 g/mol. The molecule has 336 valence electrons. The van der Waals surface area contributed by atoms with Crippen molar-refractivity contribution >= 4 is 77.8 Å². The second-order valence-corrected chi connectivity index (χ2v) is 15.8. The number of aliphatic hydroxyl groups is 1. The molecular formula is C47H43N9O9S. The minimum atomic E-state index is -4.51. The van der Waals surface area contributed by atoms with Crippen LogP contribution in [0.1, 0.15) is 16.7 Å². The number of anilines is 2. The van der Waals surface area contributed by atoms with Gasteiger partial charge in [-0.2, -0.15) is 18.6 Å². The lowest BCUT2D eigenvalue weighted by Crippen LogP contribution is -1.97. The number of hydrogen-bond donors (Lipinski definition) is 4. The number of phenolic OH excluding ortho intramolecular Hbond substituents is 1. The number of phenols is 1. The molecule has 0 amide bonds. The van der Waals surface area contributed by atoms with Crippen LogP contribution in [0.25, 0.3) is 10.8 Å². The number of hydrogen-bond acceptors (Lipinski definition) is 17. The summed E-state index contributed by atoms with van der Waals surface area (Å²) >= 11 is 0. The van der Waals surface area contributed by atoms with Gasteiger partial charge in [-0.05, 0) is 109 Å². The molecule has 0 saturated heterocycles. The van der Waals surface area contributed by atoms with Crippen LogP contribution in [0.3, 0.4) is 0 Å². The number of methoxy groups -OCH3 is 4. The van der Waals surface area contributed by atoms with Crippen molar-refractivity contribution in [2.24, 2.45) is 40.9 Å². The van der Waals surface area contributed by atoms with Crippen molar-refractivity contribution in [2.75, 3.05) is 33.8 Å². The molecule has 0 bridgehead atoms. The maximum absolute atomic E-state index is 11.8. The molecule has 0 heterocycles. The van der Waals surface area contributed by atoms with Gasteiger partial charge < -0.3 is 34.5 Å². The zero-order valence-electron chi connectivity index (χ0n) is 36.5. The molecule has 0 aromatic heterocycles. The van der Waals surface area contributed by atoms with Crippen LogP contribution >= 0.6 is 0 Å². The first-order chi connectivity index (χ1) is 31.8. The highest BCUT2D eigenvalue weighted by molar-refractivity contribution is 7.86. The molecule has 0 radical (unpaired) electrons. The minimum Gasteiger partial charge on any atom is -0.505 e. The van der Waals surface area contributed by atoms with Crippen molar-refractivity contribution in [3.8, 4) is 28.7 Å². The first-order valence-corrected chi connectivity index (χ1v) is 21.4. The molecule has 0 aliphatic rings. The Hall–Kier alpha value is -8.13. The molecule has 4 N–H and O–H groups in total. The van der Waals surface area contributed by atoms with Crippen LogP contribution in [0.15, 0.2) is 161 Å². The topological polar surface area (TPSA) is 243 Å². The normalized spacial score (nSPS) is 11.9. The van der Waals surface area contributed by atoms with Crippen molar-refractivity contribution in [1.29, 1.82) is 0 Å². The largest absolute Gasteiger partial charge is 0.505 e. The van der Waals surface area contributed by atoms with E-state index in [1.54, 1.807) is 68.6 Å². The molecule has 0 atom stereocenters. The van der Waals surface area contributed by atoms with Gasteiger partial charge in [-0.15, -0.1) is 30.7 Å². The Labute approximate surface area is 379 Å². The lowest BCUT2D eigenvalue weighted by atomic mass is 10.1. The number of aliphatic hydroxyl groups excluding tert-OH is 1. The molecule has 7 aromatic carbocycles. The first kappa shape index (κ1) is 45.9. The van der Waals surface area contributed by atoms with E-state index in [0.717, 1.165) is 22.5 Å². The Morgan fingerprint density at radius 3 is 1.58 bits per heavy atom. The minimum absolute atomic E-state index is 0.0323. The molecule has 0 unspecified atom stereocenters. The Bertz CT molecular complexity index is 3180. The van der Waals surface area contributed by atoms with Crippen molar-refractivity contribution in [1.82, 2.24) is 0 Å². The van der Waals surface area contributed by atoms with Crippen molar-refractivity contribution in [3.63, 3.8) is 0 Å². The Kier molecular flexibility index (Phi) is 14.0. The van der Waals surface area contributed by atoms with Gasteiger partial charge in [0, 0.05) is 40.5 Å². The van der Waals surface area contributed by atoms with Crippen LogP contribution in [0.5, 0.6) is 28.7 Å². The van der Waals surface area contributed by atoms with Crippen LogP contribution in [-0.4, -0.2) is 51.6 Å². The van der Waals surface area contributed by atoms with Crippen LogP contribution in [0, 0.1) is 13.8 Å². The maximum Gasteiger partial charge on any atom is 0.296 e. The number of nitrogens with zero attached hydrogens (tertiary/aromatic N) is 8. The molecule has 7 aromatic rings. The molecule has 0 fully saturated rings. The SMILES string of the molecule is COc1ccc(Nc2ccc3c(O)c(N=Nc4cc(CO)c(N=Nc5cc(C)c(N=Nc6cc(C)c(N=Nc7ccccc7S(=O)(=O)O)cc6OC)cc5OC)cc4OC)ccc3c2)cc1. The summed E-state index contributed by atoms with van der Waals surface area (Å²) in [6, 6.07) is 32.1. The summed E-state index contributed by atoms with van der Waals surface area (Å²) < 4.78 is 55.2. The van der Waals surface area contributed by atoms with Crippen LogP contribution < -0.4 is 24.3 Å². The molecule has 0 saturated carbocycles. The summed E-state index contributed by atoms with van der Waals surface area (Å²) in [6.45, 7) is 3.18. The van der Waals surface area contributed by atoms with Gasteiger partial charge >= 0.3 is 0 Å². The van der Waals surface area contributed by atoms with E-state index in [9.17, 15) is 23.2 Å². The van der Waals surface area contributed by atoms with E-state index in [4.69, 9.17) is 18.9 Å². The quantitative estimate of drug-likeness (QED) is 0.0528. The molecular weight excluding hydrogens is 867 g/mol. The predicted octanol–water partition coefficient (Wildman–Crippen LogP) is 13.3. The van der Waals surface area contributed by atoms with Crippen molar-refractivity contribution in [2.45, 2.75) is 25.3 Å². The zero-order chi connectivity index (χ0) is 47.0. The third-order valence-electron chi connectivity index (χ3n) is 10.1. The summed E-state index contributed by atoms with van der Waals surface area (Å²) in [5.74, 6) is 1.66. The molecule has 0 aliphatic heterocycles. The lowest BCUT2D eigenvalue weighted by Gasteiger charge is -2.11. The lowest BCUT2D eigenvalue weighted by molar-refractivity contribution is 0.282. The highest BCUT2D eigenvalue weighted by atomic mass is 32.2. The monoisotopic (exact) mass is 909 g/mol. The van der Waals surface area contributed by atoms with Crippen LogP contribution in [0.2, 0.25) is 0 Å². The number of benzene rings is 7. The smallest absolute Gasteiger partial charge is 0.296 e. The fourth-order valence-corrected chi connectivity index (χ4v) is 7.20. The van der Waals surface area contributed by atoms with Crippen molar-refractivity contribution in [3.05, 3.63) is 132 Å². The van der Waals surface area contributed by atoms with E-state index in [-0.39, 0.29) is 27.7 Å². The third kappa shape index (κ3) is 10.5. The maximum atomic E-state index is 11.8. The molecule has 66 heavy (non-hydrogen) atoms. The van der Waals surface area contributed by atoms with E-state index in [1.165, 1.54) is 39.5 Å². The van der Waals surface area contributed by atoms with Gasteiger partial charge in [0.1, 0.15) is 56.3 Å². The van der Waals surface area contributed by atoms with Crippen molar-refractivity contribution < 1.29 is 42.1 Å². The number of rotatable bonds is 16. The first-order valence-electron chi connectivity index (χ1n) is 19.9. The number of fused-ring (bicyclic) bond motifs is 1. The van der Waals surface area contributed by atoms with Gasteiger partial charge in [0.2, 0.25) is 0 Å². The van der Waals surface area contributed by atoms with Gasteiger partial charge in [0.05, 0.1) is 52.1 Å². The van der Waals surface area contributed by atoms with Gasteiger partial charge in [-0.25, -0.2) is 0 Å². The predicted molar refractivity (Wildman–Crippen MR) is 249 cm³/mol. The van der Waals surface area contributed by atoms with E-state index in [2.05, 4.69) is 46.2 Å². The number of nitrogens with one attached hydrogen (secondary N) is 1. The standard InChI is InChI=1S/C47H43N9O9S/c1-27-19-40(43(63-4)23-37(27)51-49-35-9-7-8-10-46(35)66(59,60)61)54-52-38-24-44(64-5)41(20-28(38)2)55-53-39-25-45(65-6)42(22-30(39)26-57)56-50-36-18-11-29-21-32(14-17-34(29)47(36)58)48-31-12-15-33(62-3)16-13-31/h7-25,48,57-58H,26H2,1-6H3,(H,59,60,61). The zero-order valence-corrected chi connectivity index (χ0v) is 37.3. The Balaban J connectivity index is 1.09. The van der Waals surface area contributed by atoms with Gasteiger partial charge in [0.15, 0.2) is 5.75 Å². The summed E-state index contributed by atoms with van der Waals surface area (Å²) in [6.07, 6.45) is 0. The summed E-state index contributed by atoms with van der Waals surface area (Å²) in [5.41, 5.74) is 5.80. The van der Waals surface area contributed by atoms with Gasteiger partial charge in [-0.3, -0.25) is 4.55 Å². The van der Waals surface area contributed by atoms with E-state index in [1.807, 2.05) is 49.4 Å².